The number of hydrogen-bond donors (Lipinski definition) is 2. The quantitative estimate of drug-likeness (QED) is 0.895. The van der Waals surface area contributed by atoms with Crippen molar-refractivity contribution in [1.29, 1.82) is 0 Å². The van der Waals surface area contributed by atoms with Gasteiger partial charge in [-0.2, -0.15) is 0 Å². The molecular weight excluding hydrogens is 260 g/mol. The Labute approximate surface area is 105 Å². The van der Waals surface area contributed by atoms with Gasteiger partial charge in [0.15, 0.2) is 17.4 Å². The number of aromatic carboxylic acids is 1. The van der Waals surface area contributed by atoms with Gasteiger partial charge >= 0.3 is 5.97 Å². The van der Waals surface area contributed by atoms with E-state index in [2.05, 4.69) is 5.32 Å². The Balaban J connectivity index is 2.15. The molecule has 1 heterocycles. The number of carbonyl (C=O) groups excluding carboxylic acids is 1. The van der Waals surface area contributed by atoms with Crippen LogP contribution >= 0.6 is 0 Å². The summed E-state index contributed by atoms with van der Waals surface area (Å²) in [5.41, 5.74) is 0.0252. The van der Waals surface area contributed by atoms with E-state index in [0.29, 0.717) is 0 Å². The Morgan fingerprint density at radius 2 is 1.74 bits per heavy atom. The van der Waals surface area contributed by atoms with Gasteiger partial charge in [0.2, 0.25) is 5.76 Å². The molecule has 0 spiro atoms. The molecule has 0 fully saturated rings. The van der Waals surface area contributed by atoms with E-state index in [1.165, 1.54) is 6.07 Å². The topological polar surface area (TPSA) is 79.5 Å². The molecule has 0 unspecified atom stereocenters. The number of halogens is 2. The molecule has 2 N–H and O–H groups in total. The summed E-state index contributed by atoms with van der Waals surface area (Å²) >= 11 is 0. The number of amides is 1. The van der Waals surface area contributed by atoms with Gasteiger partial charge < -0.3 is 14.8 Å². The van der Waals surface area contributed by atoms with Crippen molar-refractivity contribution in [3.63, 3.8) is 0 Å². The average Bonchev–Trinajstić information content (AvgIpc) is 2.83. The predicted octanol–water partition coefficient (Wildman–Crippen LogP) is 2.51. The molecule has 0 aliphatic rings. The lowest BCUT2D eigenvalue weighted by Crippen LogP contribution is -2.11. The van der Waals surface area contributed by atoms with E-state index in [0.717, 1.165) is 24.3 Å². The Morgan fingerprint density at radius 3 is 2.32 bits per heavy atom. The largest absolute Gasteiger partial charge is 0.475 e. The van der Waals surface area contributed by atoms with Gasteiger partial charge in [-0.3, -0.25) is 4.79 Å². The van der Waals surface area contributed by atoms with Gasteiger partial charge in [0.05, 0.1) is 0 Å². The van der Waals surface area contributed by atoms with Crippen molar-refractivity contribution in [1.82, 2.24) is 0 Å². The zero-order valence-electron chi connectivity index (χ0n) is 9.31. The molecule has 0 atom stereocenters. The highest BCUT2D eigenvalue weighted by atomic mass is 19.2. The minimum absolute atomic E-state index is 0.0252. The molecular formula is C12H7F2NO4. The first kappa shape index (κ1) is 12.7. The van der Waals surface area contributed by atoms with Gasteiger partial charge in [-0.05, 0) is 24.3 Å². The second-order valence-electron chi connectivity index (χ2n) is 3.55. The summed E-state index contributed by atoms with van der Waals surface area (Å²) in [6, 6.07) is 5.10. The summed E-state index contributed by atoms with van der Waals surface area (Å²) in [6.07, 6.45) is 0. The molecule has 0 bridgehead atoms. The van der Waals surface area contributed by atoms with E-state index in [1.807, 2.05) is 0 Å². The summed E-state index contributed by atoms with van der Waals surface area (Å²) in [7, 11) is 0. The van der Waals surface area contributed by atoms with E-state index in [9.17, 15) is 18.4 Å². The maximum absolute atomic E-state index is 12.9. The molecule has 2 rings (SSSR count). The van der Waals surface area contributed by atoms with Crippen LogP contribution in [0.25, 0.3) is 0 Å². The Morgan fingerprint density at radius 1 is 1.05 bits per heavy atom. The monoisotopic (exact) mass is 267 g/mol. The van der Waals surface area contributed by atoms with Crippen LogP contribution in [-0.2, 0) is 0 Å². The lowest BCUT2D eigenvalue weighted by molar-refractivity contribution is 0.0660. The summed E-state index contributed by atoms with van der Waals surface area (Å²) < 4.78 is 30.3. The van der Waals surface area contributed by atoms with Crippen molar-refractivity contribution in [2.75, 3.05) is 5.32 Å². The summed E-state index contributed by atoms with van der Waals surface area (Å²) in [6.45, 7) is 0. The number of carbonyl (C=O) groups is 2. The van der Waals surface area contributed by atoms with E-state index >= 15 is 0 Å². The smallest absolute Gasteiger partial charge is 0.371 e. The molecule has 7 heteroatoms. The van der Waals surface area contributed by atoms with Crippen molar-refractivity contribution in [3.8, 4) is 0 Å². The molecule has 19 heavy (non-hydrogen) atoms. The third-order valence-electron chi connectivity index (χ3n) is 2.22. The Kier molecular flexibility index (Phi) is 3.28. The van der Waals surface area contributed by atoms with Crippen LogP contribution in [0, 0.1) is 11.6 Å². The van der Waals surface area contributed by atoms with Crippen LogP contribution in [0.2, 0.25) is 0 Å². The minimum atomic E-state index is -1.31. The highest BCUT2D eigenvalue weighted by molar-refractivity contribution is 6.02. The highest BCUT2D eigenvalue weighted by Gasteiger charge is 2.15. The van der Waals surface area contributed by atoms with Crippen LogP contribution in [0.3, 0.4) is 0 Å². The Hall–Kier alpha value is -2.70. The summed E-state index contributed by atoms with van der Waals surface area (Å²) in [5.74, 6) is -4.87. The first-order valence-electron chi connectivity index (χ1n) is 5.07. The van der Waals surface area contributed by atoms with Crippen molar-refractivity contribution < 1.29 is 27.9 Å². The number of carboxylic acids is 1. The Bertz CT molecular complexity index is 651. The number of furan rings is 1. The van der Waals surface area contributed by atoms with Gasteiger partial charge in [-0.15, -0.1) is 0 Å². The molecule has 0 saturated heterocycles. The highest BCUT2D eigenvalue weighted by Crippen LogP contribution is 2.15. The lowest BCUT2D eigenvalue weighted by Gasteiger charge is -2.03. The normalized spacial score (nSPS) is 10.2. The summed E-state index contributed by atoms with van der Waals surface area (Å²) in [4.78, 5) is 22.2. The molecule has 0 aliphatic heterocycles. The minimum Gasteiger partial charge on any atom is -0.475 e. The lowest BCUT2D eigenvalue weighted by atomic mass is 10.3. The molecule has 0 radical (unpaired) electrons. The van der Waals surface area contributed by atoms with E-state index in [4.69, 9.17) is 9.52 Å². The molecule has 0 aliphatic carbocycles. The number of nitrogens with one attached hydrogen (secondary N) is 1. The van der Waals surface area contributed by atoms with Crippen LogP contribution in [-0.4, -0.2) is 17.0 Å². The maximum atomic E-state index is 12.9. The molecule has 98 valence electrons. The molecule has 1 aromatic heterocycles. The van der Waals surface area contributed by atoms with Crippen molar-refractivity contribution in [2.24, 2.45) is 0 Å². The molecule has 0 saturated carbocycles. The second kappa shape index (κ2) is 4.89. The first-order valence-corrected chi connectivity index (χ1v) is 5.07. The second-order valence-corrected chi connectivity index (χ2v) is 3.55. The number of anilines is 1. The third-order valence-corrected chi connectivity index (χ3v) is 2.22. The molecule has 2 aromatic rings. The van der Waals surface area contributed by atoms with Gasteiger partial charge in [0, 0.05) is 11.8 Å². The maximum Gasteiger partial charge on any atom is 0.371 e. The SMILES string of the molecule is O=C(O)c1ccc(C(=O)Nc2ccc(F)c(F)c2)o1. The molecule has 1 aromatic carbocycles. The number of carboxylic acid groups (broad SMARTS) is 1. The fourth-order valence-corrected chi connectivity index (χ4v) is 1.34. The fourth-order valence-electron chi connectivity index (χ4n) is 1.34. The zero-order valence-corrected chi connectivity index (χ0v) is 9.31. The standard InChI is InChI=1S/C12H7F2NO4/c13-7-2-1-6(5-8(7)14)15-11(16)9-3-4-10(19-9)12(17)18/h1-5H,(H,15,16)(H,17,18). The fraction of sp³-hybridized carbons (Fsp3) is 0. The third kappa shape index (κ3) is 2.76. The van der Waals surface area contributed by atoms with Crippen molar-refractivity contribution in [2.45, 2.75) is 0 Å². The van der Waals surface area contributed by atoms with Gasteiger partial charge in [-0.1, -0.05) is 0 Å². The van der Waals surface area contributed by atoms with Crippen molar-refractivity contribution >= 4 is 17.6 Å². The van der Waals surface area contributed by atoms with E-state index < -0.39 is 29.3 Å². The van der Waals surface area contributed by atoms with E-state index in [-0.39, 0.29) is 11.4 Å². The number of rotatable bonds is 3. The van der Waals surface area contributed by atoms with Crippen LogP contribution in [0.4, 0.5) is 14.5 Å². The van der Waals surface area contributed by atoms with Crippen LogP contribution in [0.5, 0.6) is 0 Å². The molecule has 5 nitrogen and oxygen atoms in total. The summed E-state index contributed by atoms with van der Waals surface area (Å²) in [5, 5.41) is 10.9. The van der Waals surface area contributed by atoms with Crippen LogP contribution < -0.4 is 5.32 Å². The predicted molar refractivity (Wildman–Crippen MR) is 60.0 cm³/mol. The van der Waals surface area contributed by atoms with Crippen LogP contribution in [0.1, 0.15) is 21.1 Å². The number of hydrogen-bond acceptors (Lipinski definition) is 3. The van der Waals surface area contributed by atoms with Crippen molar-refractivity contribution in [3.05, 3.63) is 53.5 Å². The first-order chi connectivity index (χ1) is 8.97. The van der Waals surface area contributed by atoms with Gasteiger partial charge in [0.1, 0.15) is 0 Å². The van der Waals surface area contributed by atoms with Gasteiger partial charge in [-0.25, -0.2) is 13.6 Å². The van der Waals surface area contributed by atoms with Crippen LogP contribution in [0.15, 0.2) is 34.7 Å². The average molecular weight is 267 g/mol. The zero-order chi connectivity index (χ0) is 14.0. The number of benzene rings is 1. The van der Waals surface area contributed by atoms with Gasteiger partial charge in [0.25, 0.3) is 5.91 Å². The molecule has 1 amide bonds. The van der Waals surface area contributed by atoms with E-state index in [1.54, 1.807) is 0 Å².